The highest BCUT2D eigenvalue weighted by molar-refractivity contribution is 8.03. The van der Waals surface area contributed by atoms with E-state index in [9.17, 15) is 14.9 Å². The molecule has 0 spiro atoms. The molecule has 1 aromatic carbocycles. The molecule has 1 aliphatic heterocycles. The molecule has 0 aromatic heterocycles. The molecule has 0 unspecified atom stereocenters. The van der Waals surface area contributed by atoms with Crippen LogP contribution in [0.3, 0.4) is 0 Å². The number of nitriles is 1. The molecule has 0 saturated heterocycles. The van der Waals surface area contributed by atoms with Crippen LogP contribution in [0.15, 0.2) is 28.8 Å². The molecule has 8 heteroatoms. The number of carbonyl (C=O) groups is 2. The summed E-state index contributed by atoms with van der Waals surface area (Å²) in [5.41, 5.74) is 6.11. The van der Waals surface area contributed by atoms with Gasteiger partial charge in [-0.15, -0.1) is 0 Å². The van der Waals surface area contributed by atoms with Crippen molar-refractivity contribution in [3.05, 3.63) is 44.4 Å². The molecule has 0 bridgehead atoms. The van der Waals surface area contributed by atoms with Gasteiger partial charge in [-0.1, -0.05) is 41.0 Å². The lowest BCUT2D eigenvalue weighted by molar-refractivity contribution is -0.121. The lowest BCUT2D eigenvalue weighted by Crippen LogP contribution is -2.31. The van der Waals surface area contributed by atoms with Crippen molar-refractivity contribution < 1.29 is 9.59 Å². The van der Waals surface area contributed by atoms with Crippen molar-refractivity contribution in [2.75, 3.05) is 5.75 Å². The van der Waals surface area contributed by atoms with Crippen LogP contribution in [0, 0.1) is 11.3 Å². The van der Waals surface area contributed by atoms with Gasteiger partial charge in [0.15, 0.2) is 0 Å². The van der Waals surface area contributed by atoms with Crippen LogP contribution < -0.4 is 11.1 Å². The summed E-state index contributed by atoms with van der Waals surface area (Å²) in [4.78, 5) is 22.8. The van der Waals surface area contributed by atoms with Crippen LogP contribution >= 0.6 is 35.0 Å². The van der Waals surface area contributed by atoms with Crippen LogP contribution in [-0.2, 0) is 9.59 Å². The van der Waals surface area contributed by atoms with Crippen LogP contribution in [0.5, 0.6) is 0 Å². The highest BCUT2D eigenvalue weighted by Gasteiger charge is 2.31. The van der Waals surface area contributed by atoms with Gasteiger partial charge in [0.1, 0.15) is 0 Å². The highest BCUT2D eigenvalue weighted by atomic mass is 35.5. The molecule has 1 atom stereocenters. The van der Waals surface area contributed by atoms with Crippen molar-refractivity contribution in [2.45, 2.75) is 12.3 Å². The second kappa shape index (κ2) is 7.05. The topological polar surface area (TPSA) is 96.0 Å². The Kier molecular flexibility index (Phi) is 5.35. The maximum Gasteiger partial charge on any atom is 0.227 e. The Morgan fingerprint density at radius 2 is 2.23 bits per heavy atom. The zero-order valence-electron chi connectivity index (χ0n) is 11.2. The average molecular weight is 356 g/mol. The van der Waals surface area contributed by atoms with E-state index in [0.717, 1.165) is 11.8 Å². The minimum atomic E-state index is -0.532. The summed E-state index contributed by atoms with van der Waals surface area (Å²) < 4.78 is 0. The molecule has 2 amide bonds. The number of nitrogens with zero attached hydrogens (tertiary/aromatic N) is 1. The number of nitrogens with one attached hydrogen (secondary N) is 1. The number of allylic oxidation sites excluding steroid dienone is 1. The Hall–Kier alpha value is -1.68. The van der Waals surface area contributed by atoms with Gasteiger partial charge in [-0.05, 0) is 17.7 Å². The van der Waals surface area contributed by atoms with Gasteiger partial charge in [0, 0.05) is 22.4 Å². The molecule has 2 rings (SSSR count). The standard InChI is InChI=1S/C14H11Cl2N3O2S/c15-7-1-2-8(11(16)3-7)9-4-13(21)19-14(10(9)5-17)22-6-12(18)20/h1-3,9H,4,6H2,(H2,18,20)(H,19,21)/t9-/m0/s1. The number of hydrogen-bond donors (Lipinski definition) is 2. The van der Waals surface area contributed by atoms with E-state index >= 15 is 0 Å². The molecule has 0 saturated carbocycles. The molecule has 3 N–H and O–H groups in total. The molecule has 1 heterocycles. The zero-order valence-corrected chi connectivity index (χ0v) is 13.6. The van der Waals surface area contributed by atoms with Crippen LogP contribution in [0.4, 0.5) is 0 Å². The lowest BCUT2D eigenvalue weighted by Gasteiger charge is -2.25. The van der Waals surface area contributed by atoms with E-state index in [1.165, 1.54) is 0 Å². The summed E-state index contributed by atoms with van der Waals surface area (Å²) in [6.45, 7) is 0. The molecule has 0 radical (unpaired) electrons. The summed E-state index contributed by atoms with van der Waals surface area (Å²) in [6.07, 6.45) is 0.102. The second-order valence-electron chi connectivity index (χ2n) is 4.58. The van der Waals surface area contributed by atoms with E-state index in [4.69, 9.17) is 28.9 Å². The van der Waals surface area contributed by atoms with E-state index in [-0.39, 0.29) is 18.1 Å². The van der Waals surface area contributed by atoms with Crippen molar-refractivity contribution in [3.8, 4) is 6.07 Å². The summed E-state index contributed by atoms with van der Waals surface area (Å²) in [6, 6.07) is 7.00. The molecule has 0 aliphatic carbocycles. The molecule has 5 nitrogen and oxygen atoms in total. The number of rotatable bonds is 4. The third-order valence-electron chi connectivity index (χ3n) is 3.05. The first-order valence-electron chi connectivity index (χ1n) is 6.22. The largest absolute Gasteiger partial charge is 0.369 e. The van der Waals surface area contributed by atoms with Crippen molar-refractivity contribution in [2.24, 2.45) is 5.73 Å². The predicted molar refractivity (Wildman–Crippen MR) is 86.3 cm³/mol. The third-order valence-corrected chi connectivity index (χ3v) is 4.65. The molecule has 1 aromatic rings. The Morgan fingerprint density at radius 3 is 2.82 bits per heavy atom. The maximum absolute atomic E-state index is 11.9. The van der Waals surface area contributed by atoms with Crippen LogP contribution in [-0.4, -0.2) is 17.6 Å². The highest BCUT2D eigenvalue weighted by Crippen LogP contribution is 2.39. The smallest absolute Gasteiger partial charge is 0.227 e. The van der Waals surface area contributed by atoms with E-state index in [2.05, 4.69) is 11.4 Å². The molecule has 1 aliphatic rings. The van der Waals surface area contributed by atoms with Crippen LogP contribution in [0.25, 0.3) is 0 Å². The molecular formula is C14H11Cl2N3O2S. The molecule has 0 fully saturated rings. The third kappa shape index (κ3) is 3.74. The maximum atomic E-state index is 11.9. The normalized spacial score (nSPS) is 17.9. The second-order valence-corrected chi connectivity index (χ2v) is 6.41. The minimum absolute atomic E-state index is 0.0259. The summed E-state index contributed by atoms with van der Waals surface area (Å²) in [5, 5.41) is 13.2. The van der Waals surface area contributed by atoms with Gasteiger partial charge in [-0.3, -0.25) is 9.59 Å². The van der Waals surface area contributed by atoms with Crippen molar-refractivity contribution >= 4 is 46.8 Å². The average Bonchev–Trinajstić information content (AvgIpc) is 2.44. The van der Waals surface area contributed by atoms with Crippen molar-refractivity contribution in [1.29, 1.82) is 5.26 Å². The van der Waals surface area contributed by atoms with Crippen molar-refractivity contribution in [3.63, 3.8) is 0 Å². The first-order chi connectivity index (χ1) is 10.4. The van der Waals surface area contributed by atoms with Gasteiger partial charge in [0.05, 0.1) is 22.4 Å². The minimum Gasteiger partial charge on any atom is -0.369 e. The monoisotopic (exact) mass is 355 g/mol. The fourth-order valence-electron chi connectivity index (χ4n) is 2.13. The zero-order chi connectivity index (χ0) is 16.3. The van der Waals surface area contributed by atoms with Gasteiger partial charge >= 0.3 is 0 Å². The van der Waals surface area contributed by atoms with Gasteiger partial charge < -0.3 is 11.1 Å². The first kappa shape index (κ1) is 16.7. The number of primary amides is 1. The van der Waals surface area contributed by atoms with Gasteiger partial charge in [-0.25, -0.2) is 0 Å². The molecule has 114 valence electrons. The van der Waals surface area contributed by atoms with E-state index < -0.39 is 11.8 Å². The number of carbonyl (C=O) groups excluding carboxylic acids is 2. The number of thioether (sulfide) groups is 1. The van der Waals surface area contributed by atoms with E-state index in [0.29, 0.717) is 26.2 Å². The first-order valence-corrected chi connectivity index (χ1v) is 7.96. The van der Waals surface area contributed by atoms with Gasteiger partial charge in [0.2, 0.25) is 11.8 Å². The van der Waals surface area contributed by atoms with E-state index in [1.54, 1.807) is 18.2 Å². The fourth-order valence-corrected chi connectivity index (χ4v) is 3.48. The van der Waals surface area contributed by atoms with Crippen LogP contribution in [0.2, 0.25) is 10.0 Å². The number of nitrogens with two attached hydrogens (primary N) is 1. The quantitative estimate of drug-likeness (QED) is 0.867. The number of halogens is 2. The number of benzene rings is 1. The number of amides is 2. The summed E-state index contributed by atoms with van der Waals surface area (Å²) in [5.74, 6) is -1.28. The Morgan fingerprint density at radius 1 is 1.50 bits per heavy atom. The Bertz CT molecular complexity index is 713. The number of hydrogen-bond acceptors (Lipinski definition) is 4. The molecular weight excluding hydrogens is 345 g/mol. The van der Waals surface area contributed by atoms with Crippen molar-refractivity contribution in [1.82, 2.24) is 5.32 Å². The van der Waals surface area contributed by atoms with E-state index in [1.807, 2.05) is 0 Å². The van der Waals surface area contributed by atoms with Gasteiger partial charge in [0.25, 0.3) is 0 Å². The Labute approximate surface area is 141 Å². The predicted octanol–water partition coefficient (Wildman–Crippen LogP) is 2.55. The Balaban J connectivity index is 2.44. The fraction of sp³-hybridized carbons (Fsp3) is 0.214. The van der Waals surface area contributed by atoms with Gasteiger partial charge in [-0.2, -0.15) is 5.26 Å². The van der Waals surface area contributed by atoms with Crippen LogP contribution in [0.1, 0.15) is 17.9 Å². The summed E-state index contributed by atoms with van der Waals surface area (Å²) in [7, 11) is 0. The lowest BCUT2D eigenvalue weighted by atomic mass is 9.87. The SMILES string of the molecule is N#CC1=C(SCC(N)=O)NC(=O)C[C@H]1c1ccc(Cl)cc1Cl. The summed E-state index contributed by atoms with van der Waals surface area (Å²) >= 11 is 13.1. The molecule has 22 heavy (non-hydrogen) atoms.